The van der Waals surface area contributed by atoms with Crippen LogP contribution in [0.25, 0.3) is 11.0 Å². The van der Waals surface area contributed by atoms with E-state index in [2.05, 4.69) is 33.0 Å². The van der Waals surface area contributed by atoms with Crippen molar-refractivity contribution in [2.75, 3.05) is 6.54 Å². The first-order chi connectivity index (χ1) is 9.42. The average molecular weight is 277 g/mol. The molecule has 2 nitrogen and oxygen atoms in total. The predicted octanol–water partition coefficient (Wildman–Crippen LogP) is 4.63. The summed E-state index contributed by atoms with van der Waals surface area (Å²) in [7, 11) is 0. The Hall–Kier alpha value is -1.35. The van der Waals surface area contributed by atoms with E-state index in [-0.39, 0.29) is 11.2 Å². The van der Waals surface area contributed by atoms with Gasteiger partial charge in [0, 0.05) is 16.8 Å². The van der Waals surface area contributed by atoms with Gasteiger partial charge in [-0.3, -0.25) is 0 Å². The van der Waals surface area contributed by atoms with E-state index in [0.717, 1.165) is 36.1 Å². The second kappa shape index (κ2) is 5.96. The lowest BCUT2D eigenvalue weighted by Crippen LogP contribution is -2.33. The molecule has 20 heavy (non-hydrogen) atoms. The number of rotatable bonds is 6. The van der Waals surface area contributed by atoms with Gasteiger partial charge in [0.1, 0.15) is 17.2 Å². The van der Waals surface area contributed by atoms with Gasteiger partial charge in [0.05, 0.1) is 0 Å². The van der Waals surface area contributed by atoms with Crippen LogP contribution in [-0.2, 0) is 5.41 Å². The molecule has 1 atom stereocenters. The van der Waals surface area contributed by atoms with Crippen LogP contribution in [0.5, 0.6) is 0 Å². The topological polar surface area (TPSA) is 25.2 Å². The van der Waals surface area contributed by atoms with Gasteiger partial charge >= 0.3 is 0 Å². The second-order valence-corrected chi connectivity index (χ2v) is 6.24. The predicted molar refractivity (Wildman–Crippen MR) is 81.6 cm³/mol. The SMILES string of the molecule is CCCNC(C)CC(C)(C)c1cc2cc(F)ccc2o1. The quantitative estimate of drug-likeness (QED) is 0.833. The number of hydrogen-bond acceptors (Lipinski definition) is 2. The maximum absolute atomic E-state index is 13.2. The Labute approximate surface area is 120 Å². The fourth-order valence-corrected chi connectivity index (χ4v) is 2.68. The molecule has 0 aliphatic carbocycles. The van der Waals surface area contributed by atoms with Crippen LogP contribution < -0.4 is 5.32 Å². The Morgan fingerprint density at radius 1 is 1.30 bits per heavy atom. The highest BCUT2D eigenvalue weighted by molar-refractivity contribution is 5.78. The maximum Gasteiger partial charge on any atom is 0.134 e. The summed E-state index contributed by atoms with van der Waals surface area (Å²) in [6.45, 7) is 9.73. The van der Waals surface area contributed by atoms with E-state index in [9.17, 15) is 4.39 Å². The molecule has 0 spiro atoms. The summed E-state index contributed by atoms with van der Waals surface area (Å²) in [6, 6.07) is 7.05. The van der Waals surface area contributed by atoms with E-state index in [1.54, 1.807) is 6.07 Å². The lowest BCUT2D eigenvalue weighted by Gasteiger charge is -2.26. The Bertz CT molecular complexity index is 573. The zero-order valence-corrected chi connectivity index (χ0v) is 12.8. The van der Waals surface area contributed by atoms with E-state index in [0.29, 0.717) is 6.04 Å². The standard InChI is InChI=1S/C17H24FNO/c1-5-8-19-12(2)11-17(3,4)16-10-13-9-14(18)6-7-15(13)20-16/h6-7,9-10,12,19H,5,8,11H2,1-4H3. The van der Waals surface area contributed by atoms with Gasteiger partial charge in [-0.1, -0.05) is 20.8 Å². The molecule has 0 aliphatic heterocycles. The second-order valence-electron chi connectivity index (χ2n) is 6.24. The molecule has 0 amide bonds. The van der Waals surface area contributed by atoms with Gasteiger partial charge in [-0.25, -0.2) is 4.39 Å². The minimum Gasteiger partial charge on any atom is -0.461 e. The van der Waals surface area contributed by atoms with Crippen LogP contribution in [-0.4, -0.2) is 12.6 Å². The summed E-state index contributed by atoms with van der Waals surface area (Å²) in [6.07, 6.45) is 2.12. The molecule has 0 saturated heterocycles. The van der Waals surface area contributed by atoms with Crippen LogP contribution in [0.4, 0.5) is 4.39 Å². The molecule has 0 radical (unpaired) electrons. The van der Waals surface area contributed by atoms with Gasteiger partial charge in [0.25, 0.3) is 0 Å². The average Bonchev–Trinajstić information content (AvgIpc) is 2.79. The number of fused-ring (bicyclic) bond motifs is 1. The van der Waals surface area contributed by atoms with E-state index in [1.165, 1.54) is 12.1 Å². The molecular weight excluding hydrogens is 253 g/mol. The van der Waals surface area contributed by atoms with E-state index in [1.807, 2.05) is 6.07 Å². The molecule has 0 bridgehead atoms. The molecular formula is C17H24FNO. The summed E-state index contributed by atoms with van der Waals surface area (Å²) in [4.78, 5) is 0. The molecule has 110 valence electrons. The Kier molecular flexibility index (Phi) is 4.48. The van der Waals surface area contributed by atoms with Crippen molar-refractivity contribution in [1.82, 2.24) is 5.32 Å². The van der Waals surface area contributed by atoms with Crippen molar-refractivity contribution in [1.29, 1.82) is 0 Å². The minimum atomic E-state index is -0.222. The smallest absolute Gasteiger partial charge is 0.134 e. The monoisotopic (exact) mass is 277 g/mol. The van der Waals surface area contributed by atoms with Crippen molar-refractivity contribution in [3.8, 4) is 0 Å². The fourth-order valence-electron chi connectivity index (χ4n) is 2.68. The summed E-state index contributed by atoms with van der Waals surface area (Å²) in [5, 5.41) is 4.33. The lowest BCUT2D eigenvalue weighted by atomic mass is 9.83. The molecule has 1 unspecified atom stereocenters. The van der Waals surface area contributed by atoms with Crippen molar-refractivity contribution >= 4 is 11.0 Å². The number of benzene rings is 1. The summed E-state index contributed by atoms with van der Waals surface area (Å²) in [5.74, 6) is 0.698. The Morgan fingerprint density at radius 2 is 2.05 bits per heavy atom. The molecule has 2 rings (SSSR count). The summed E-state index contributed by atoms with van der Waals surface area (Å²) < 4.78 is 19.1. The number of furan rings is 1. The van der Waals surface area contributed by atoms with Crippen LogP contribution in [0.3, 0.4) is 0 Å². The number of nitrogens with one attached hydrogen (secondary N) is 1. The first-order valence-corrected chi connectivity index (χ1v) is 7.35. The van der Waals surface area contributed by atoms with Crippen LogP contribution in [0, 0.1) is 5.82 Å². The first kappa shape index (κ1) is 15.0. The molecule has 0 saturated carbocycles. The molecule has 0 aliphatic rings. The van der Waals surface area contributed by atoms with Crippen LogP contribution in [0.1, 0.15) is 46.3 Å². The lowest BCUT2D eigenvalue weighted by molar-refractivity contribution is 0.334. The summed E-state index contributed by atoms with van der Waals surface area (Å²) in [5.41, 5.74) is 0.680. The van der Waals surface area contributed by atoms with Crippen LogP contribution in [0.2, 0.25) is 0 Å². The molecule has 1 aromatic carbocycles. The summed E-state index contributed by atoms with van der Waals surface area (Å²) >= 11 is 0. The minimum absolute atomic E-state index is 0.0738. The normalized spacial score (nSPS) is 13.8. The first-order valence-electron chi connectivity index (χ1n) is 7.35. The molecule has 2 aromatic rings. The molecule has 0 fully saturated rings. The molecule has 1 aromatic heterocycles. The highest BCUT2D eigenvalue weighted by Gasteiger charge is 2.27. The van der Waals surface area contributed by atoms with E-state index < -0.39 is 0 Å². The Balaban J connectivity index is 2.18. The zero-order chi connectivity index (χ0) is 14.8. The third kappa shape index (κ3) is 3.40. The van der Waals surface area contributed by atoms with Gasteiger partial charge < -0.3 is 9.73 Å². The zero-order valence-electron chi connectivity index (χ0n) is 12.8. The van der Waals surface area contributed by atoms with Crippen molar-refractivity contribution in [2.24, 2.45) is 0 Å². The van der Waals surface area contributed by atoms with Crippen molar-refractivity contribution in [3.05, 3.63) is 35.8 Å². The molecule has 1 heterocycles. The highest BCUT2D eigenvalue weighted by atomic mass is 19.1. The van der Waals surface area contributed by atoms with E-state index in [4.69, 9.17) is 4.42 Å². The van der Waals surface area contributed by atoms with E-state index >= 15 is 0 Å². The van der Waals surface area contributed by atoms with Gasteiger partial charge in [-0.05, 0) is 50.6 Å². The number of halogens is 1. The molecule has 1 N–H and O–H groups in total. The van der Waals surface area contributed by atoms with Gasteiger partial charge in [0.15, 0.2) is 0 Å². The van der Waals surface area contributed by atoms with Gasteiger partial charge in [-0.15, -0.1) is 0 Å². The van der Waals surface area contributed by atoms with Crippen LogP contribution in [0.15, 0.2) is 28.7 Å². The van der Waals surface area contributed by atoms with Crippen LogP contribution >= 0.6 is 0 Å². The Morgan fingerprint density at radius 3 is 2.75 bits per heavy atom. The highest BCUT2D eigenvalue weighted by Crippen LogP contribution is 2.33. The van der Waals surface area contributed by atoms with Crippen molar-refractivity contribution in [3.63, 3.8) is 0 Å². The van der Waals surface area contributed by atoms with Crippen molar-refractivity contribution in [2.45, 2.75) is 52.0 Å². The molecule has 3 heteroatoms. The fraction of sp³-hybridized carbons (Fsp3) is 0.529. The van der Waals surface area contributed by atoms with Gasteiger partial charge in [0.2, 0.25) is 0 Å². The number of hydrogen-bond donors (Lipinski definition) is 1. The largest absolute Gasteiger partial charge is 0.461 e. The maximum atomic E-state index is 13.2. The third-order valence-corrected chi connectivity index (χ3v) is 3.70. The third-order valence-electron chi connectivity index (χ3n) is 3.70. The van der Waals surface area contributed by atoms with Gasteiger partial charge in [-0.2, -0.15) is 0 Å². The van der Waals surface area contributed by atoms with Crippen molar-refractivity contribution < 1.29 is 8.81 Å².